The molecule has 0 heteroatoms. The second-order valence-corrected chi connectivity index (χ2v) is 7.90. The van der Waals surface area contributed by atoms with Crippen LogP contribution >= 0.6 is 0 Å². The Morgan fingerprint density at radius 2 is 1.33 bits per heavy atom. The van der Waals surface area contributed by atoms with Gasteiger partial charge >= 0.3 is 0 Å². The van der Waals surface area contributed by atoms with Gasteiger partial charge in [-0.05, 0) is 68.3 Å². The average molecular weight is 284 g/mol. The Hall–Kier alpha value is -0.780. The molecular formula is C21H32. The van der Waals surface area contributed by atoms with Crippen LogP contribution in [0.25, 0.3) is 0 Å². The molecular weight excluding hydrogens is 252 g/mol. The molecule has 2 aliphatic carbocycles. The lowest BCUT2D eigenvalue weighted by atomic mass is 9.74. The van der Waals surface area contributed by atoms with Crippen LogP contribution in [0.3, 0.4) is 0 Å². The predicted octanol–water partition coefficient (Wildman–Crippen LogP) is 6.49. The number of rotatable bonds is 2. The lowest BCUT2D eigenvalue weighted by molar-refractivity contribution is 0.196. The fourth-order valence-corrected chi connectivity index (χ4v) is 4.73. The van der Waals surface area contributed by atoms with Gasteiger partial charge in [-0.15, -0.1) is 0 Å². The first-order chi connectivity index (χ1) is 10.2. The summed E-state index contributed by atoms with van der Waals surface area (Å²) in [4.78, 5) is 0. The smallest absolute Gasteiger partial charge is 0.0162 e. The van der Waals surface area contributed by atoms with Crippen LogP contribution in [0, 0.1) is 24.7 Å². The molecule has 1 aromatic carbocycles. The minimum atomic E-state index is 0.832. The maximum Gasteiger partial charge on any atom is -0.0162 e. The zero-order valence-electron chi connectivity index (χ0n) is 14.0. The van der Waals surface area contributed by atoms with Crippen molar-refractivity contribution in [3.63, 3.8) is 0 Å². The van der Waals surface area contributed by atoms with Crippen molar-refractivity contribution in [3.8, 4) is 0 Å². The molecule has 0 aliphatic heterocycles. The normalized spacial score (nSPS) is 34.4. The van der Waals surface area contributed by atoms with Crippen molar-refractivity contribution >= 4 is 0 Å². The largest absolute Gasteiger partial charge is 0.0625 e. The topological polar surface area (TPSA) is 0 Å². The lowest BCUT2D eigenvalue weighted by Gasteiger charge is -2.32. The molecule has 0 bridgehead atoms. The molecule has 2 unspecified atom stereocenters. The summed E-state index contributed by atoms with van der Waals surface area (Å²) >= 11 is 0. The van der Waals surface area contributed by atoms with E-state index in [1.165, 1.54) is 63.4 Å². The lowest BCUT2D eigenvalue weighted by Crippen LogP contribution is -2.20. The highest BCUT2D eigenvalue weighted by molar-refractivity contribution is 5.24. The first kappa shape index (κ1) is 15.1. The molecule has 116 valence electrons. The Morgan fingerprint density at radius 1 is 0.714 bits per heavy atom. The first-order valence-corrected chi connectivity index (χ1v) is 9.29. The van der Waals surface area contributed by atoms with Crippen molar-refractivity contribution in [1.82, 2.24) is 0 Å². The van der Waals surface area contributed by atoms with E-state index in [2.05, 4.69) is 38.1 Å². The Kier molecular flexibility index (Phi) is 5.03. The van der Waals surface area contributed by atoms with E-state index in [9.17, 15) is 0 Å². The van der Waals surface area contributed by atoms with Gasteiger partial charge in [-0.3, -0.25) is 0 Å². The quantitative estimate of drug-likeness (QED) is 0.545. The molecule has 21 heavy (non-hydrogen) atoms. The monoisotopic (exact) mass is 284 g/mol. The van der Waals surface area contributed by atoms with E-state index in [0.717, 1.165) is 23.7 Å². The van der Waals surface area contributed by atoms with E-state index < -0.39 is 0 Å². The minimum Gasteiger partial charge on any atom is -0.0625 e. The van der Waals surface area contributed by atoms with Crippen molar-refractivity contribution in [1.29, 1.82) is 0 Å². The van der Waals surface area contributed by atoms with Crippen LogP contribution in [0.1, 0.15) is 81.8 Å². The van der Waals surface area contributed by atoms with Crippen LogP contribution in [0.5, 0.6) is 0 Å². The zero-order chi connectivity index (χ0) is 14.7. The average Bonchev–Trinajstić information content (AvgIpc) is 2.75. The second-order valence-electron chi connectivity index (χ2n) is 7.90. The Bertz CT molecular complexity index is 422. The fraction of sp³-hybridized carbons (Fsp3) is 0.714. The molecule has 0 aromatic heterocycles. The van der Waals surface area contributed by atoms with Gasteiger partial charge in [0, 0.05) is 0 Å². The molecule has 0 heterocycles. The van der Waals surface area contributed by atoms with Crippen LogP contribution in [-0.2, 0) is 0 Å². The number of hydrogen-bond donors (Lipinski definition) is 0. The van der Waals surface area contributed by atoms with Gasteiger partial charge in [-0.2, -0.15) is 0 Å². The van der Waals surface area contributed by atoms with Gasteiger partial charge in [-0.1, -0.05) is 62.4 Å². The van der Waals surface area contributed by atoms with E-state index in [1.54, 1.807) is 5.56 Å². The van der Waals surface area contributed by atoms with Crippen molar-refractivity contribution in [2.45, 2.75) is 77.6 Å². The maximum atomic E-state index is 2.44. The summed E-state index contributed by atoms with van der Waals surface area (Å²) in [5.41, 5.74) is 2.99. The van der Waals surface area contributed by atoms with Crippen molar-refractivity contribution in [2.75, 3.05) is 0 Å². The molecule has 2 saturated carbocycles. The molecule has 0 saturated heterocycles. The second kappa shape index (κ2) is 6.99. The van der Waals surface area contributed by atoms with Crippen molar-refractivity contribution in [3.05, 3.63) is 35.4 Å². The highest BCUT2D eigenvalue weighted by Crippen LogP contribution is 2.42. The first-order valence-electron chi connectivity index (χ1n) is 9.29. The molecule has 2 aliphatic rings. The van der Waals surface area contributed by atoms with Gasteiger partial charge in [0.15, 0.2) is 0 Å². The molecule has 0 radical (unpaired) electrons. The zero-order valence-corrected chi connectivity index (χ0v) is 14.0. The summed E-state index contributed by atoms with van der Waals surface area (Å²) in [6.07, 6.45) is 13.3. The van der Waals surface area contributed by atoms with Gasteiger partial charge in [-0.25, -0.2) is 0 Å². The van der Waals surface area contributed by atoms with Crippen molar-refractivity contribution < 1.29 is 0 Å². The highest BCUT2D eigenvalue weighted by atomic mass is 14.3. The van der Waals surface area contributed by atoms with Crippen molar-refractivity contribution in [2.24, 2.45) is 17.8 Å². The SMILES string of the molecule is Cc1ccc(C2CCCC(C3CCC(C)CC3)CC2)cc1. The minimum absolute atomic E-state index is 0.832. The Balaban J connectivity index is 1.57. The molecule has 3 rings (SSSR count). The van der Waals surface area contributed by atoms with Gasteiger partial charge in [0.2, 0.25) is 0 Å². The van der Waals surface area contributed by atoms with E-state index in [4.69, 9.17) is 0 Å². The molecule has 0 nitrogen and oxygen atoms in total. The number of benzene rings is 1. The van der Waals surface area contributed by atoms with Crippen LogP contribution < -0.4 is 0 Å². The number of hydrogen-bond acceptors (Lipinski definition) is 0. The third-order valence-electron chi connectivity index (χ3n) is 6.29. The molecule has 0 spiro atoms. The Morgan fingerprint density at radius 3 is 2.05 bits per heavy atom. The van der Waals surface area contributed by atoms with Crippen LogP contribution in [-0.4, -0.2) is 0 Å². The van der Waals surface area contributed by atoms with Gasteiger partial charge in [0.1, 0.15) is 0 Å². The van der Waals surface area contributed by atoms with Gasteiger partial charge in [0.25, 0.3) is 0 Å². The van der Waals surface area contributed by atoms with Crippen LogP contribution in [0.4, 0.5) is 0 Å². The summed E-state index contributed by atoms with van der Waals surface area (Å²) in [5, 5.41) is 0. The van der Waals surface area contributed by atoms with E-state index in [1.807, 2.05) is 0 Å². The standard InChI is InChI=1S/C21H32/c1-16-6-10-20(11-7-16)18-4-3-5-19(15-14-18)21-12-8-17(2)9-13-21/h6-7,10-11,17-19,21H,3-5,8-9,12-15H2,1-2H3. The number of aryl methyl sites for hydroxylation is 1. The summed E-state index contributed by atoms with van der Waals surface area (Å²) in [6.45, 7) is 4.63. The van der Waals surface area contributed by atoms with Gasteiger partial charge in [0.05, 0.1) is 0 Å². The Labute approximate surface area is 131 Å². The predicted molar refractivity (Wildman–Crippen MR) is 91.6 cm³/mol. The van der Waals surface area contributed by atoms with E-state index in [0.29, 0.717) is 0 Å². The molecule has 2 fully saturated rings. The summed E-state index contributed by atoms with van der Waals surface area (Å²) in [6, 6.07) is 9.34. The molecule has 2 atom stereocenters. The highest BCUT2D eigenvalue weighted by Gasteiger charge is 2.28. The van der Waals surface area contributed by atoms with E-state index in [-0.39, 0.29) is 0 Å². The maximum absolute atomic E-state index is 2.44. The molecule has 1 aromatic rings. The van der Waals surface area contributed by atoms with E-state index >= 15 is 0 Å². The fourth-order valence-electron chi connectivity index (χ4n) is 4.73. The summed E-state index contributed by atoms with van der Waals surface area (Å²) in [7, 11) is 0. The van der Waals surface area contributed by atoms with Crippen LogP contribution in [0.2, 0.25) is 0 Å². The third-order valence-corrected chi connectivity index (χ3v) is 6.29. The van der Waals surface area contributed by atoms with Crippen LogP contribution in [0.15, 0.2) is 24.3 Å². The summed E-state index contributed by atoms with van der Waals surface area (Å²) in [5.74, 6) is 3.91. The summed E-state index contributed by atoms with van der Waals surface area (Å²) < 4.78 is 0. The molecule has 0 N–H and O–H groups in total. The molecule has 0 amide bonds. The van der Waals surface area contributed by atoms with Gasteiger partial charge < -0.3 is 0 Å². The third kappa shape index (κ3) is 3.90.